The third-order valence-electron chi connectivity index (χ3n) is 5.36. The van der Waals surface area contributed by atoms with E-state index in [2.05, 4.69) is 41.8 Å². The summed E-state index contributed by atoms with van der Waals surface area (Å²) in [5.74, 6) is 0. The Hall–Kier alpha value is -3.66. The van der Waals surface area contributed by atoms with Gasteiger partial charge in [-0.25, -0.2) is 4.98 Å². The normalized spacial score (nSPS) is 11.3. The predicted molar refractivity (Wildman–Crippen MR) is 117 cm³/mol. The largest absolute Gasteiger partial charge is 0.330 e. The second-order valence-corrected chi connectivity index (χ2v) is 7.45. The monoisotopic (exact) mass is 379 g/mol. The molecule has 2 heterocycles. The lowest BCUT2D eigenvalue weighted by atomic mass is 10.1. The average Bonchev–Trinajstić information content (AvgIpc) is 3.05. The summed E-state index contributed by atoms with van der Waals surface area (Å²) < 4.78 is 3.81. The maximum atomic E-state index is 13.5. The number of aromatic nitrogens is 3. The van der Waals surface area contributed by atoms with E-state index in [0.717, 1.165) is 33.1 Å². The van der Waals surface area contributed by atoms with Gasteiger partial charge in [-0.1, -0.05) is 72.3 Å². The van der Waals surface area contributed by atoms with Gasteiger partial charge in [-0.2, -0.15) is 0 Å². The Labute approximate surface area is 168 Å². The molecule has 29 heavy (non-hydrogen) atoms. The molecule has 0 saturated heterocycles. The molecule has 0 aliphatic rings. The molecule has 0 saturated carbocycles. The van der Waals surface area contributed by atoms with Crippen LogP contribution < -0.4 is 5.56 Å². The van der Waals surface area contributed by atoms with Crippen molar-refractivity contribution in [2.75, 3.05) is 0 Å². The molecule has 4 heteroatoms. The van der Waals surface area contributed by atoms with E-state index in [1.807, 2.05) is 48.5 Å². The van der Waals surface area contributed by atoms with Crippen LogP contribution in [0.5, 0.6) is 0 Å². The molecule has 4 nitrogen and oxygen atoms in total. The second-order valence-electron chi connectivity index (χ2n) is 7.45. The molecule has 0 radical (unpaired) electrons. The third kappa shape index (κ3) is 3.13. The Kier molecular flexibility index (Phi) is 4.24. The molecule has 0 spiro atoms. The Morgan fingerprint density at radius 3 is 2.17 bits per heavy atom. The Morgan fingerprint density at radius 1 is 0.828 bits per heavy atom. The summed E-state index contributed by atoms with van der Waals surface area (Å²) in [4.78, 5) is 18.2. The van der Waals surface area contributed by atoms with Gasteiger partial charge in [0, 0.05) is 11.9 Å². The molecule has 0 fully saturated rings. The van der Waals surface area contributed by atoms with Gasteiger partial charge >= 0.3 is 0 Å². The van der Waals surface area contributed by atoms with Crippen LogP contribution in [-0.4, -0.2) is 14.1 Å². The molecule has 0 aliphatic heterocycles. The molecule has 0 aliphatic carbocycles. The van der Waals surface area contributed by atoms with Crippen LogP contribution in [0.4, 0.5) is 0 Å². The molecule has 0 N–H and O–H groups in total. The van der Waals surface area contributed by atoms with E-state index in [9.17, 15) is 4.79 Å². The van der Waals surface area contributed by atoms with Crippen LogP contribution in [0.25, 0.3) is 21.9 Å². The molecule has 0 atom stereocenters. The zero-order chi connectivity index (χ0) is 19.8. The van der Waals surface area contributed by atoms with Gasteiger partial charge < -0.3 is 4.57 Å². The molecule has 2 aromatic heterocycles. The SMILES string of the molecule is Cc1ccc2c(c1)c1ncn(Cc3ccccc3)c(=O)c1n2Cc1ccccc1. The average molecular weight is 379 g/mol. The number of rotatable bonds is 4. The molecule has 5 aromatic rings. The van der Waals surface area contributed by atoms with Gasteiger partial charge in [0.2, 0.25) is 0 Å². The van der Waals surface area contributed by atoms with Crippen LogP contribution in [0.3, 0.4) is 0 Å². The van der Waals surface area contributed by atoms with Crippen LogP contribution in [0, 0.1) is 6.92 Å². The summed E-state index contributed by atoms with van der Waals surface area (Å²) in [6, 6.07) is 26.5. The van der Waals surface area contributed by atoms with Crippen LogP contribution in [0.1, 0.15) is 16.7 Å². The Balaban J connectivity index is 1.75. The van der Waals surface area contributed by atoms with Crippen molar-refractivity contribution in [3.05, 3.63) is 112 Å². The number of hydrogen-bond acceptors (Lipinski definition) is 2. The molecule has 0 amide bonds. The summed E-state index contributed by atoms with van der Waals surface area (Å²) >= 11 is 0. The molecule has 0 bridgehead atoms. The highest BCUT2D eigenvalue weighted by atomic mass is 16.1. The maximum Gasteiger partial charge on any atom is 0.278 e. The smallest absolute Gasteiger partial charge is 0.278 e. The zero-order valence-electron chi connectivity index (χ0n) is 16.2. The van der Waals surface area contributed by atoms with Crippen molar-refractivity contribution in [2.24, 2.45) is 0 Å². The Bertz CT molecular complexity index is 1370. The lowest BCUT2D eigenvalue weighted by Crippen LogP contribution is -2.23. The second kappa shape index (κ2) is 7.06. The lowest BCUT2D eigenvalue weighted by Gasteiger charge is -2.09. The van der Waals surface area contributed by atoms with Crippen LogP contribution in [0.2, 0.25) is 0 Å². The molecular formula is C25H21N3O. The van der Waals surface area contributed by atoms with Gasteiger partial charge in [0.15, 0.2) is 0 Å². The van der Waals surface area contributed by atoms with Crippen molar-refractivity contribution in [2.45, 2.75) is 20.0 Å². The summed E-state index contributed by atoms with van der Waals surface area (Å²) in [5.41, 5.74) is 5.86. The first-order chi connectivity index (χ1) is 14.2. The van der Waals surface area contributed by atoms with Gasteiger partial charge in [-0.15, -0.1) is 0 Å². The fraction of sp³-hybridized carbons (Fsp3) is 0.120. The summed E-state index contributed by atoms with van der Waals surface area (Å²) in [5, 5.41) is 1.03. The highest BCUT2D eigenvalue weighted by Gasteiger charge is 2.17. The maximum absolute atomic E-state index is 13.5. The topological polar surface area (TPSA) is 39.8 Å². The van der Waals surface area contributed by atoms with Gasteiger partial charge in [0.1, 0.15) is 11.0 Å². The van der Waals surface area contributed by atoms with E-state index >= 15 is 0 Å². The minimum absolute atomic E-state index is 0.0105. The van der Waals surface area contributed by atoms with E-state index in [1.54, 1.807) is 10.9 Å². The number of nitrogens with zero attached hydrogens (tertiary/aromatic N) is 3. The van der Waals surface area contributed by atoms with Crippen LogP contribution in [0.15, 0.2) is 90.0 Å². The number of fused-ring (bicyclic) bond motifs is 3. The van der Waals surface area contributed by atoms with Gasteiger partial charge in [0.25, 0.3) is 5.56 Å². The van der Waals surface area contributed by atoms with Gasteiger partial charge in [-0.3, -0.25) is 9.36 Å². The minimum atomic E-state index is -0.0105. The number of benzene rings is 3. The Morgan fingerprint density at radius 2 is 1.48 bits per heavy atom. The van der Waals surface area contributed by atoms with E-state index in [4.69, 9.17) is 4.98 Å². The molecular weight excluding hydrogens is 358 g/mol. The van der Waals surface area contributed by atoms with Crippen molar-refractivity contribution in [3.63, 3.8) is 0 Å². The van der Waals surface area contributed by atoms with E-state index in [-0.39, 0.29) is 5.56 Å². The quantitative estimate of drug-likeness (QED) is 0.452. The van der Waals surface area contributed by atoms with E-state index in [0.29, 0.717) is 18.6 Å². The lowest BCUT2D eigenvalue weighted by molar-refractivity contribution is 0.737. The zero-order valence-corrected chi connectivity index (χ0v) is 16.2. The molecule has 5 rings (SSSR count). The summed E-state index contributed by atoms with van der Waals surface area (Å²) in [7, 11) is 0. The highest BCUT2D eigenvalue weighted by Crippen LogP contribution is 2.27. The summed E-state index contributed by atoms with van der Waals surface area (Å²) in [6.45, 7) is 3.21. The van der Waals surface area contributed by atoms with Crippen molar-refractivity contribution in [3.8, 4) is 0 Å². The van der Waals surface area contributed by atoms with Crippen LogP contribution >= 0.6 is 0 Å². The van der Waals surface area contributed by atoms with Crippen LogP contribution in [-0.2, 0) is 13.1 Å². The fourth-order valence-electron chi connectivity index (χ4n) is 3.94. The standard InChI is InChI=1S/C25H21N3O/c1-18-12-13-22-21(14-18)23-24(28(22)16-20-10-6-3-7-11-20)25(29)27(17-26-23)15-19-8-4-2-5-9-19/h2-14,17H,15-16H2,1H3. The van der Waals surface area contributed by atoms with Crippen molar-refractivity contribution in [1.29, 1.82) is 0 Å². The minimum Gasteiger partial charge on any atom is -0.330 e. The molecule has 142 valence electrons. The van der Waals surface area contributed by atoms with Crippen molar-refractivity contribution in [1.82, 2.24) is 14.1 Å². The van der Waals surface area contributed by atoms with Gasteiger partial charge in [0.05, 0.1) is 18.4 Å². The number of hydrogen-bond donors (Lipinski definition) is 0. The fourth-order valence-corrected chi connectivity index (χ4v) is 3.94. The summed E-state index contributed by atoms with van der Waals surface area (Å²) in [6.07, 6.45) is 1.67. The van der Waals surface area contributed by atoms with Crippen molar-refractivity contribution >= 4 is 21.9 Å². The van der Waals surface area contributed by atoms with Gasteiger partial charge in [-0.05, 0) is 30.2 Å². The first kappa shape index (κ1) is 17.4. The first-order valence-corrected chi connectivity index (χ1v) is 9.76. The third-order valence-corrected chi connectivity index (χ3v) is 5.36. The first-order valence-electron chi connectivity index (χ1n) is 9.76. The van der Waals surface area contributed by atoms with Crippen molar-refractivity contribution < 1.29 is 0 Å². The molecule has 3 aromatic carbocycles. The van der Waals surface area contributed by atoms with E-state index < -0.39 is 0 Å². The predicted octanol–water partition coefficient (Wildman–Crippen LogP) is 4.76. The number of aryl methyl sites for hydroxylation is 1. The molecule has 0 unspecified atom stereocenters. The highest BCUT2D eigenvalue weighted by molar-refractivity contribution is 6.05. The van der Waals surface area contributed by atoms with E-state index in [1.165, 1.54) is 0 Å².